The zero-order valence-electron chi connectivity index (χ0n) is 16.2. The summed E-state index contributed by atoms with van der Waals surface area (Å²) in [5, 5.41) is 9.57. The lowest BCUT2D eigenvalue weighted by atomic mass is 10.00. The van der Waals surface area contributed by atoms with E-state index in [2.05, 4.69) is 52.3 Å². The summed E-state index contributed by atoms with van der Waals surface area (Å²) in [5.74, 6) is 0.726. The summed E-state index contributed by atoms with van der Waals surface area (Å²) in [6.07, 6.45) is 3.52. The lowest BCUT2D eigenvalue weighted by Gasteiger charge is -2.23. The Kier molecular flexibility index (Phi) is 5.58. The Bertz CT molecular complexity index is 927. The van der Waals surface area contributed by atoms with Crippen LogP contribution in [0, 0.1) is 6.92 Å². The maximum absolute atomic E-state index is 9.57. The fraction of sp³-hybridized carbons (Fsp3) is 0.292. The van der Waals surface area contributed by atoms with Gasteiger partial charge in [-0.1, -0.05) is 42.5 Å². The number of aryl methyl sites for hydroxylation is 1. The fourth-order valence-electron chi connectivity index (χ4n) is 3.82. The maximum atomic E-state index is 9.57. The molecule has 144 valence electrons. The molecule has 0 bridgehead atoms. The van der Waals surface area contributed by atoms with E-state index in [1.54, 1.807) is 6.20 Å². The average molecular weight is 374 g/mol. The molecule has 1 N–H and O–H groups in total. The first-order valence-corrected chi connectivity index (χ1v) is 9.87. The molecule has 1 aliphatic heterocycles. The summed E-state index contributed by atoms with van der Waals surface area (Å²) in [6, 6.07) is 20.9. The molecular weight excluding hydrogens is 348 g/mol. The van der Waals surface area contributed by atoms with Gasteiger partial charge >= 0.3 is 0 Å². The van der Waals surface area contributed by atoms with Gasteiger partial charge in [-0.2, -0.15) is 0 Å². The van der Waals surface area contributed by atoms with Crippen LogP contribution in [0.15, 0.2) is 66.9 Å². The van der Waals surface area contributed by atoms with E-state index in [4.69, 9.17) is 4.74 Å². The summed E-state index contributed by atoms with van der Waals surface area (Å²) < 4.78 is 6.15. The number of aliphatic hydroxyl groups is 1. The van der Waals surface area contributed by atoms with Crippen molar-refractivity contribution < 1.29 is 9.84 Å². The second kappa shape index (κ2) is 8.44. The van der Waals surface area contributed by atoms with E-state index in [0.29, 0.717) is 6.42 Å². The summed E-state index contributed by atoms with van der Waals surface area (Å²) in [7, 11) is 0. The first-order valence-electron chi connectivity index (χ1n) is 9.87. The topological polar surface area (TPSA) is 45.6 Å². The van der Waals surface area contributed by atoms with Crippen molar-refractivity contribution in [2.75, 3.05) is 24.6 Å². The number of pyridine rings is 1. The molecule has 0 spiro atoms. The van der Waals surface area contributed by atoms with E-state index in [-0.39, 0.29) is 12.7 Å². The quantitative estimate of drug-likeness (QED) is 0.701. The molecule has 0 saturated carbocycles. The molecular formula is C24H26N2O2. The largest absolute Gasteiger partial charge is 0.472 e. The van der Waals surface area contributed by atoms with Gasteiger partial charge in [0.1, 0.15) is 6.10 Å². The van der Waals surface area contributed by atoms with Crippen LogP contribution in [0.2, 0.25) is 0 Å². The van der Waals surface area contributed by atoms with Crippen molar-refractivity contribution in [3.8, 4) is 17.0 Å². The second-order valence-electron chi connectivity index (χ2n) is 7.28. The predicted octanol–water partition coefficient (Wildman–Crippen LogP) is 4.25. The summed E-state index contributed by atoms with van der Waals surface area (Å²) in [6.45, 7) is 3.95. The highest BCUT2D eigenvalue weighted by Gasteiger charge is 2.26. The third kappa shape index (κ3) is 4.02. The van der Waals surface area contributed by atoms with Gasteiger partial charge in [-0.3, -0.25) is 0 Å². The van der Waals surface area contributed by atoms with E-state index in [0.717, 1.165) is 31.0 Å². The maximum Gasteiger partial charge on any atom is 0.216 e. The molecule has 1 fully saturated rings. The molecule has 0 unspecified atom stereocenters. The Morgan fingerprint density at radius 1 is 1.07 bits per heavy atom. The Morgan fingerprint density at radius 3 is 2.71 bits per heavy atom. The number of rotatable bonds is 6. The Hall–Kier alpha value is -2.85. The van der Waals surface area contributed by atoms with Gasteiger partial charge in [0.15, 0.2) is 0 Å². The minimum Gasteiger partial charge on any atom is -0.472 e. The third-order valence-electron chi connectivity index (χ3n) is 5.29. The summed E-state index contributed by atoms with van der Waals surface area (Å²) in [5.41, 5.74) is 5.82. The number of nitrogens with zero attached hydrogens (tertiary/aromatic N) is 2. The van der Waals surface area contributed by atoms with Crippen molar-refractivity contribution in [2.45, 2.75) is 25.9 Å². The molecule has 0 aliphatic carbocycles. The van der Waals surface area contributed by atoms with Crippen LogP contribution in [0.5, 0.6) is 5.88 Å². The van der Waals surface area contributed by atoms with Crippen LogP contribution in [-0.2, 0) is 6.42 Å². The number of hydrogen-bond acceptors (Lipinski definition) is 4. The van der Waals surface area contributed by atoms with Crippen molar-refractivity contribution in [3.63, 3.8) is 0 Å². The van der Waals surface area contributed by atoms with E-state index in [1.165, 1.54) is 22.4 Å². The van der Waals surface area contributed by atoms with Gasteiger partial charge in [-0.05, 0) is 48.2 Å². The average Bonchev–Trinajstić information content (AvgIpc) is 3.19. The minimum atomic E-state index is 0.129. The van der Waals surface area contributed by atoms with Crippen molar-refractivity contribution in [3.05, 3.63) is 78.0 Å². The smallest absolute Gasteiger partial charge is 0.216 e. The summed E-state index contributed by atoms with van der Waals surface area (Å²) >= 11 is 0. The zero-order chi connectivity index (χ0) is 19.3. The van der Waals surface area contributed by atoms with Gasteiger partial charge in [0.2, 0.25) is 5.88 Å². The molecule has 28 heavy (non-hydrogen) atoms. The zero-order valence-corrected chi connectivity index (χ0v) is 16.2. The van der Waals surface area contributed by atoms with Crippen molar-refractivity contribution >= 4 is 5.69 Å². The van der Waals surface area contributed by atoms with Crippen LogP contribution in [0.1, 0.15) is 17.5 Å². The van der Waals surface area contributed by atoms with Crippen molar-refractivity contribution in [2.24, 2.45) is 0 Å². The Balaban J connectivity index is 1.53. The van der Waals surface area contributed by atoms with Gasteiger partial charge in [0.25, 0.3) is 0 Å². The highest BCUT2D eigenvalue weighted by Crippen LogP contribution is 2.31. The highest BCUT2D eigenvalue weighted by atomic mass is 16.5. The Labute approximate surface area is 166 Å². The fourth-order valence-corrected chi connectivity index (χ4v) is 3.82. The second-order valence-corrected chi connectivity index (χ2v) is 7.28. The number of aromatic nitrogens is 1. The number of benzene rings is 2. The van der Waals surface area contributed by atoms with Crippen LogP contribution in [0.4, 0.5) is 5.69 Å². The van der Waals surface area contributed by atoms with Crippen molar-refractivity contribution in [1.82, 2.24) is 4.98 Å². The minimum absolute atomic E-state index is 0.129. The van der Waals surface area contributed by atoms with E-state index in [1.807, 2.05) is 25.1 Å². The Morgan fingerprint density at radius 2 is 1.93 bits per heavy atom. The standard InChI is InChI=1S/C24H26N2O2/c1-18-6-5-13-25-24(18)28-22-11-14-26(17-22)23-10-9-20(16-21(23)12-15-27)19-7-3-2-4-8-19/h2-10,13,16,22,27H,11-12,14-15,17H2,1H3/t22-/m0/s1. The first kappa shape index (κ1) is 18.5. The molecule has 2 heterocycles. The van der Waals surface area contributed by atoms with Gasteiger partial charge in [-0.25, -0.2) is 4.98 Å². The van der Waals surface area contributed by atoms with E-state index in [9.17, 15) is 5.11 Å². The van der Waals surface area contributed by atoms with Crippen LogP contribution in [0.25, 0.3) is 11.1 Å². The lowest BCUT2D eigenvalue weighted by molar-refractivity contribution is 0.214. The van der Waals surface area contributed by atoms with E-state index >= 15 is 0 Å². The van der Waals surface area contributed by atoms with Gasteiger partial charge < -0.3 is 14.7 Å². The van der Waals surface area contributed by atoms with Crippen LogP contribution >= 0.6 is 0 Å². The van der Waals surface area contributed by atoms with Crippen LogP contribution < -0.4 is 9.64 Å². The molecule has 1 aliphatic rings. The van der Waals surface area contributed by atoms with Crippen LogP contribution in [0.3, 0.4) is 0 Å². The van der Waals surface area contributed by atoms with Crippen LogP contribution in [-0.4, -0.2) is 35.9 Å². The molecule has 1 atom stereocenters. The molecule has 4 rings (SSSR count). The molecule has 0 radical (unpaired) electrons. The van der Waals surface area contributed by atoms with Crippen molar-refractivity contribution in [1.29, 1.82) is 0 Å². The monoisotopic (exact) mass is 374 g/mol. The SMILES string of the molecule is Cc1cccnc1O[C@H]1CCN(c2ccc(-c3ccccc3)cc2CCO)C1. The normalized spacial score (nSPS) is 16.4. The highest BCUT2D eigenvalue weighted by molar-refractivity contribution is 5.69. The predicted molar refractivity (Wildman–Crippen MR) is 113 cm³/mol. The molecule has 4 heteroatoms. The molecule has 1 saturated heterocycles. The third-order valence-corrected chi connectivity index (χ3v) is 5.29. The number of aliphatic hydroxyl groups excluding tert-OH is 1. The van der Waals surface area contributed by atoms with Gasteiger partial charge in [0, 0.05) is 37.0 Å². The van der Waals surface area contributed by atoms with E-state index < -0.39 is 0 Å². The molecule has 2 aromatic carbocycles. The number of anilines is 1. The molecule has 4 nitrogen and oxygen atoms in total. The molecule has 3 aromatic rings. The first-order chi connectivity index (χ1) is 13.7. The van der Waals surface area contributed by atoms with Gasteiger partial charge in [-0.15, -0.1) is 0 Å². The van der Waals surface area contributed by atoms with Gasteiger partial charge in [0.05, 0.1) is 6.54 Å². The molecule has 1 aromatic heterocycles. The molecule has 0 amide bonds. The lowest BCUT2D eigenvalue weighted by Crippen LogP contribution is -2.26. The number of hydrogen-bond donors (Lipinski definition) is 1. The summed E-state index contributed by atoms with van der Waals surface area (Å²) in [4.78, 5) is 6.72. The number of ether oxygens (including phenoxy) is 1.